The second kappa shape index (κ2) is 11.2. The van der Waals surface area contributed by atoms with E-state index in [0.29, 0.717) is 28.5 Å². The van der Waals surface area contributed by atoms with E-state index in [4.69, 9.17) is 9.15 Å². The highest BCUT2D eigenvalue weighted by atomic mass is 32.2. The Morgan fingerprint density at radius 3 is 2.62 bits per heavy atom. The summed E-state index contributed by atoms with van der Waals surface area (Å²) in [6.07, 6.45) is 0.554. The molecule has 0 aliphatic carbocycles. The van der Waals surface area contributed by atoms with Crippen molar-refractivity contribution in [2.45, 2.75) is 31.4 Å². The summed E-state index contributed by atoms with van der Waals surface area (Å²) in [5.41, 5.74) is 1.94. The van der Waals surface area contributed by atoms with Gasteiger partial charge in [-0.3, -0.25) is 9.59 Å². The quantitative estimate of drug-likeness (QED) is 0.373. The zero-order valence-corrected chi connectivity index (χ0v) is 18.6. The smallest absolute Gasteiger partial charge is 0.340 e. The number of furan rings is 1. The van der Waals surface area contributed by atoms with Crippen molar-refractivity contribution in [3.63, 3.8) is 0 Å². The number of hydrogen-bond donors (Lipinski definition) is 2. The number of ether oxygens (including phenoxy) is 1. The molecule has 0 fully saturated rings. The van der Waals surface area contributed by atoms with Crippen molar-refractivity contribution in [3.8, 4) is 0 Å². The first-order valence-electron chi connectivity index (χ1n) is 10.0. The molecule has 2 amide bonds. The fraction of sp³-hybridized carbons (Fsp3) is 0.208. The van der Waals surface area contributed by atoms with Gasteiger partial charge in [-0.25, -0.2) is 4.79 Å². The molecule has 0 bridgehead atoms. The lowest BCUT2D eigenvalue weighted by atomic mass is 10.2. The standard InChI is InChI=1S/C24H24N2O5S/c1-16-7-5-8-18(13-16)26-23(28)17(2)31-24(29)20-10-3-4-11-21(20)32-15-22(27)25-14-19-9-6-12-30-19/h3-13,17H,14-15H2,1-2H3,(H,25,27)(H,26,28)/t17-/m1/s1. The average Bonchev–Trinajstić information content (AvgIpc) is 3.30. The van der Waals surface area contributed by atoms with Crippen LogP contribution in [-0.4, -0.2) is 29.6 Å². The summed E-state index contributed by atoms with van der Waals surface area (Å²) >= 11 is 1.22. The lowest BCUT2D eigenvalue weighted by Gasteiger charge is -2.15. The predicted octanol–water partition coefficient (Wildman–Crippen LogP) is 4.18. The molecule has 0 saturated heterocycles. The Labute approximate surface area is 190 Å². The van der Waals surface area contributed by atoms with Gasteiger partial charge in [-0.1, -0.05) is 24.3 Å². The maximum absolute atomic E-state index is 12.7. The number of anilines is 1. The maximum Gasteiger partial charge on any atom is 0.340 e. The van der Waals surface area contributed by atoms with Gasteiger partial charge in [0.1, 0.15) is 5.76 Å². The fourth-order valence-corrected chi connectivity index (χ4v) is 3.67. The summed E-state index contributed by atoms with van der Waals surface area (Å²) in [7, 11) is 0. The van der Waals surface area contributed by atoms with Crippen molar-refractivity contribution in [2.75, 3.05) is 11.1 Å². The van der Waals surface area contributed by atoms with E-state index in [1.807, 2.05) is 25.1 Å². The van der Waals surface area contributed by atoms with Crippen LogP contribution in [-0.2, 0) is 20.9 Å². The molecule has 7 nitrogen and oxygen atoms in total. The van der Waals surface area contributed by atoms with E-state index in [9.17, 15) is 14.4 Å². The summed E-state index contributed by atoms with van der Waals surface area (Å²) in [5.74, 6) is -0.470. The molecule has 0 radical (unpaired) electrons. The molecule has 1 aromatic heterocycles. The molecule has 0 saturated carbocycles. The highest BCUT2D eigenvalue weighted by Gasteiger charge is 2.21. The van der Waals surface area contributed by atoms with Crippen LogP contribution in [0.3, 0.4) is 0 Å². The van der Waals surface area contributed by atoms with Gasteiger partial charge in [0.15, 0.2) is 6.10 Å². The monoisotopic (exact) mass is 452 g/mol. The Kier molecular flexibility index (Phi) is 8.10. The van der Waals surface area contributed by atoms with Gasteiger partial charge in [0.05, 0.1) is 24.1 Å². The second-order valence-corrected chi connectivity index (χ2v) is 8.06. The van der Waals surface area contributed by atoms with Crippen molar-refractivity contribution in [2.24, 2.45) is 0 Å². The number of rotatable bonds is 9. The van der Waals surface area contributed by atoms with Crippen molar-refractivity contribution in [1.82, 2.24) is 5.32 Å². The molecule has 1 atom stereocenters. The fourth-order valence-electron chi connectivity index (χ4n) is 2.80. The molecule has 0 aliphatic rings. The third kappa shape index (κ3) is 6.75. The summed E-state index contributed by atoms with van der Waals surface area (Å²) in [4.78, 5) is 37.8. The molecule has 1 heterocycles. The van der Waals surface area contributed by atoms with E-state index in [1.165, 1.54) is 18.7 Å². The van der Waals surface area contributed by atoms with Gasteiger partial charge < -0.3 is 19.8 Å². The van der Waals surface area contributed by atoms with E-state index in [0.717, 1.165) is 5.56 Å². The number of amides is 2. The van der Waals surface area contributed by atoms with Crippen LogP contribution in [0.25, 0.3) is 0 Å². The Hall–Kier alpha value is -3.52. The van der Waals surface area contributed by atoms with Gasteiger partial charge in [-0.05, 0) is 55.8 Å². The van der Waals surface area contributed by atoms with Crippen LogP contribution < -0.4 is 10.6 Å². The molecule has 0 aliphatic heterocycles. The molecule has 2 aromatic carbocycles. The number of aryl methyl sites for hydroxylation is 1. The van der Waals surface area contributed by atoms with Gasteiger partial charge in [-0.2, -0.15) is 0 Å². The number of carbonyl (C=O) groups is 3. The molecular weight excluding hydrogens is 428 g/mol. The summed E-state index contributed by atoms with van der Waals surface area (Å²) in [6.45, 7) is 3.73. The van der Waals surface area contributed by atoms with Crippen LogP contribution in [0.5, 0.6) is 0 Å². The minimum absolute atomic E-state index is 0.119. The first kappa shape index (κ1) is 23.1. The van der Waals surface area contributed by atoms with Crippen LogP contribution in [0, 0.1) is 6.92 Å². The zero-order valence-electron chi connectivity index (χ0n) is 17.8. The van der Waals surface area contributed by atoms with Gasteiger partial charge in [0, 0.05) is 10.6 Å². The van der Waals surface area contributed by atoms with Gasteiger partial charge >= 0.3 is 5.97 Å². The maximum atomic E-state index is 12.7. The highest BCUT2D eigenvalue weighted by molar-refractivity contribution is 8.00. The molecule has 0 spiro atoms. The van der Waals surface area contributed by atoms with Crippen LogP contribution >= 0.6 is 11.8 Å². The Balaban J connectivity index is 1.54. The summed E-state index contributed by atoms with van der Waals surface area (Å²) < 4.78 is 10.5. The average molecular weight is 453 g/mol. The number of carbonyl (C=O) groups excluding carboxylic acids is 3. The van der Waals surface area contributed by atoms with E-state index in [2.05, 4.69) is 10.6 Å². The number of thioether (sulfide) groups is 1. The van der Waals surface area contributed by atoms with Crippen molar-refractivity contribution < 1.29 is 23.5 Å². The van der Waals surface area contributed by atoms with Gasteiger partial charge in [-0.15, -0.1) is 11.8 Å². The van der Waals surface area contributed by atoms with Gasteiger partial charge in [0.2, 0.25) is 5.91 Å². The molecule has 166 valence electrons. The minimum Gasteiger partial charge on any atom is -0.467 e. The SMILES string of the molecule is Cc1cccc(NC(=O)[C@@H](C)OC(=O)c2ccccc2SCC(=O)NCc2ccco2)c1. The number of esters is 1. The summed E-state index contributed by atoms with van der Waals surface area (Å²) in [6, 6.07) is 17.7. The molecular formula is C24H24N2O5S. The van der Waals surface area contributed by atoms with Crippen molar-refractivity contribution in [3.05, 3.63) is 83.8 Å². The van der Waals surface area contributed by atoms with Crippen molar-refractivity contribution in [1.29, 1.82) is 0 Å². The topological polar surface area (TPSA) is 97.6 Å². The number of nitrogens with one attached hydrogen (secondary N) is 2. The molecule has 2 N–H and O–H groups in total. The third-order valence-electron chi connectivity index (χ3n) is 4.44. The first-order chi connectivity index (χ1) is 15.4. The minimum atomic E-state index is -0.988. The molecule has 8 heteroatoms. The number of hydrogen-bond acceptors (Lipinski definition) is 6. The Morgan fingerprint density at radius 1 is 1.06 bits per heavy atom. The van der Waals surface area contributed by atoms with E-state index < -0.39 is 18.0 Å². The van der Waals surface area contributed by atoms with Crippen LogP contribution in [0.4, 0.5) is 5.69 Å². The van der Waals surface area contributed by atoms with Crippen LogP contribution in [0.1, 0.15) is 28.6 Å². The van der Waals surface area contributed by atoms with Crippen LogP contribution in [0.2, 0.25) is 0 Å². The Morgan fingerprint density at radius 2 is 1.88 bits per heavy atom. The largest absolute Gasteiger partial charge is 0.467 e. The third-order valence-corrected chi connectivity index (χ3v) is 5.52. The highest BCUT2D eigenvalue weighted by Crippen LogP contribution is 2.24. The lowest BCUT2D eigenvalue weighted by molar-refractivity contribution is -0.123. The van der Waals surface area contributed by atoms with Crippen molar-refractivity contribution >= 4 is 35.2 Å². The molecule has 0 unspecified atom stereocenters. The normalized spacial score (nSPS) is 11.4. The molecule has 3 rings (SSSR count). The van der Waals surface area contributed by atoms with Crippen LogP contribution in [0.15, 0.2) is 76.2 Å². The summed E-state index contributed by atoms with van der Waals surface area (Å²) in [5, 5.41) is 5.49. The van der Waals surface area contributed by atoms with E-state index in [1.54, 1.807) is 48.7 Å². The lowest BCUT2D eigenvalue weighted by Crippen LogP contribution is -2.30. The van der Waals surface area contributed by atoms with E-state index in [-0.39, 0.29) is 11.7 Å². The Bertz CT molecular complexity index is 1080. The first-order valence-corrected chi connectivity index (χ1v) is 11.0. The predicted molar refractivity (Wildman–Crippen MR) is 122 cm³/mol. The second-order valence-electron chi connectivity index (χ2n) is 7.05. The van der Waals surface area contributed by atoms with Gasteiger partial charge in [0.25, 0.3) is 5.91 Å². The number of benzene rings is 2. The molecule has 3 aromatic rings. The molecule has 32 heavy (non-hydrogen) atoms. The zero-order chi connectivity index (χ0) is 22.9. The van der Waals surface area contributed by atoms with E-state index >= 15 is 0 Å².